The van der Waals surface area contributed by atoms with E-state index in [0.29, 0.717) is 5.56 Å². The molecule has 1 atom stereocenters. The van der Waals surface area contributed by atoms with Gasteiger partial charge in [-0.25, -0.2) is 13.1 Å². The zero-order valence-corrected chi connectivity index (χ0v) is 12.3. The number of nitrogens with one attached hydrogen (secondary N) is 1. The maximum absolute atomic E-state index is 11.9. The summed E-state index contributed by atoms with van der Waals surface area (Å²) in [4.78, 5) is 11.2. The van der Waals surface area contributed by atoms with Gasteiger partial charge < -0.3 is 9.84 Å². The number of ether oxygens (including phenoxy) is 1. The average Bonchev–Trinajstić information content (AvgIpc) is 2.39. The van der Waals surface area contributed by atoms with Gasteiger partial charge in [0.15, 0.2) is 5.78 Å². The fourth-order valence-electron chi connectivity index (χ4n) is 1.59. The van der Waals surface area contributed by atoms with Crippen molar-refractivity contribution in [3.8, 4) is 0 Å². The van der Waals surface area contributed by atoms with Gasteiger partial charge in [-0.15, -0.1) is 0 Å². The van der Waals surface area contributed by atoms with Crippen molar-refractivity contribution < 1.29 is 23.1 Å². The van der Waals surface area contributed by atoms with Crippen LogP contribution in [0.5, 0.6) is 0 Å². The molecule has 1 aromatic rings. The summed E-state index contributed by atoms with van der Waals surface area (Å²) in [6.07, 6.45) is -0.443. The smallest absolute Gasteiger partial charge is 0.240 e. The van der Waals surface area contributed by atoms with E-state index < -0.39 is 16.1 Å². The first-order valence-corrected chi connectivity index (χ1v) is 7.63. The van der Waals surface area contributed by atoms with Crippen molar-refractivity contribution in [1.82, 2.24) is 4.72 Å². The molecule has 0 aliphatic heterocycles. The fourth-order valence-corrected chi connectivity index (χ4v) is 2.64. The molecule has 0 aliphatic rings. The molecule has 1 aromatic carbocycles. The van der Waals surface area contributed by atoms with Crippen molar-refractivity contribution >= 4 is 15.8 Å². The monoisotopic (exact) mass is 301 g/mol. The van der Waals surface area contributed by atoms with Gasteiger partial charge in [0.25, 0.3) is 0 Å². The highest BCUT2D eigenvalue weighted by Crippen LogP contribution is 2.11. The van der Waals surface area contributed by atoms with Gasteiger partial charge in [0.05, 0.1) is 17.6 Å². The molecule has 0 bridgehead atoms. The Balaban J connectivity index is 2.62. The lowest BCUT2D eigenvalue weighted by atomic mass is 10.2. The van der Waals surface area contributed by atoms with Crippen LogP contribution in [0.1, 0.15) is 23.7 Å². The van der Waals surface area contributed by atoms with Crippen molar-refractivity contribution in [3.05, 3.63) is 29.8 Å². The molecule has 6 nitrogen and oxygen atoms in total. The minimum atomic E-state index is -3.63. The fraction of sp³-hybridized carbons (Fsp3) is 0.462. The molecule has 0 saturated carbocycles. The molecule has 20 heavy (non-hydrogen) atoms. The highest BCUT2D eigenvalue weighted by Gasteiger charge is 2.14. The Morgan fingerprint density at radius 3 is 2.45 bits per heavy atom. The molecule has 1 rings (SSSR count). The number of carbonyl (C=O) groups excluding carboxylic acids is 1. The lowest BCUT2D eigenvalue weighted by Gasteiger charge is -2.10. The van der Waals surface area contributed by atoms with Gasteiger partial charge in [0.1, 0.15) is 0 Å². The third kappa shape index (κ3) is 5.01. The van der Waals surface area contributed by atoms with Crippen molar-refractivity contribution in [2.75, 3.05) is 20.3 Å². The van der Waals surface area contributed by atoms with Gasteiger partial charge >= 0.3 is 0 Å². The zero-order chi connectivity index (χ0) is 15.2. The molecule has 0 heterocycles. The summed E-state index contributed by atoms with van der Waals surface area (Å²) in [6.45, 7) is 1.69. The second-order valence-corrected chi connectivity index (χ2v) is 6.14. The lowest BCUT2D eigenvalue weighted by molar-refractivity contribution is 0.0603. The quantitative estimate of drug-likeness (QED) is 0.685. The number of Topliss-reactive ketones (excluding diaryl/α,β-unsaturated/α-hetero) is 1. The third-order valence-electron chi connectivity index (χ3n) is 2.70. The number of methoxy groups -OCH3 is 1. The van der Waals surface area contributed by atoms with Crippen LogP contribution in [0.25, 0.3) is 0 Å². The predicted octanol–water partition coefficient (Wildman–Crippen LogP) is 0.565. The third-order valence-corrected chi connectivity index (χ3v) is 4.18. The lowest BCUT2D eigenvalue weighted by Crippen LogP contribution is -2.28. The summed E-state index contributed by atoms with van der Waals surface area (Å²) in [6, 6.07) is 5.70. The van der Waals surface area contributed by atoms with Crippen LogP contribution in [0, 0.1) is 0 Å². The van der Waals surface area contributed by atoms with Crippen LogP contribution in [-0.2, 0) is 14.8 Å². The van der Waals surface area contributed by atoms with E-state index in [1.807, 2.05) is 0 Å². The molecule has 112 valence electrons. The van der Waals surface area contributed by atoms with Gasteiger partial charge in [-0.05, 0) is 25.5 Å². The summed E-state index contributed by atoms with van der Waals surface area (Å²) in [5.74, 6) is -0.121. The second-order valence-electron chi connectivity index (χ2n) is 4.38. The first kappa shape index (κ1) is 16.8. The number of sulfonamides is 1. The van der Waals surface area contributed by atoms with Crippen LogP contribution in [-0.4, -0.2) is 45.7 Å². The number of benzene rings is 1. The van der Waals surface area contributed by atoms with Gasteiger partial charge in [0.2, 0.25) is 10.0 Å². The molecule has 0 spiro atoms. The molecular weight excluding hydrogens is 282 g/mol. The Morgan fingerprint density at radius 2 is 1.95 bits per heavy atom. The summed E-state index contributed by atoms with van der Waals surface area (Å²) in [7, 11) is -2.16. The standard InChI is InChI=1S/C13H19NO5S/c1-10(15)11-3-5-13(6-4-11)20(17,18)14-8-7-12(16)9-19-2/h3-6,12,14,16H,7-9H2,1-2H3. The van der Waals surface area contributed by atoms with Gasteiger partial charge in [-0.3, -0.25) is 4.79 Å². The molecule has 0 amide bonds. The van der Waals surface area contributed by atoms with E-state index in [1.54, 1.807) is 0 Å². The van der Waals surface area contributed by atoms with E-state index in [0.717, 1.165) is 0 Å². The molecule has 0 radical (unpaired) electrons. The Kier molecular flexibility index (Phi) is 6.28. The van der Waals surface area contributed by atoms with E-state index in [4.69, 9.17) is 4.74 Å². The molecule has 2 N–H and O–H groups in total. The Bertz CT molecular complexity index is 538. The van der Waals surface area contributed by atoms with Crippen LogP contribution in [0.15, 0.2) is 29.2 Å². The highest BCUT2D eigenvalue weighted by molar-refractivity contribution is 7.89. The van der Waals surface area contributed by atoms with E-state index in [2.05, 4.69) is 4.72 Å². The summed E-state index contributed by atoms with van der Waals surface area (Å²) >= 11 is 0. The van der Waals surface area contributed by atoms with Crippen LogP contribution >= 0.6 is 0 Å². The van der Waals surface area contributed by atoms with Crippen molar-refractivity contribution in [1.29, 1.82) is 0 Å². The Morgan fingerprint density at radius 1 is 1.35 bits per heavy atom. The number of carbonyl (C=O) groups is 1. The molecular formula is C13H19NO5S. The molecule has 0 aliphatic carbocycles. The molecule has 0 saturated heterocycles. The predicted molar refractivity (Wildman–Crippen MR) is 74.1 cm³/mol. The van der Waals surface area contributed by atoms with E-state index in [-0.39, 0.29) is 30.3 Å². The van der Waals surface area contributed by atoms with Crippen LogP contribution < -0.4 is 4.72 Å². The van der Waals surface area contributed by atoms with E-state index >= 15 is 0 Å². The maximum atomic E-state index is 11.9. The van der Waals surface area contributed by atoms with Crippen molar-refractivity contribution in [3.63, 3.8) is 0 Å². The number of ketones is 1. The minimum Gasteiger partial charge on any atom is -0.391 e. The summed E-state index contributed by atoms with van der Waals surface area (Å²) in [5, 5.41) is 9.42. The number of aliphatic hydroxyl groups is 1. The van der Waals surface area contributed by atoms with Crippen molar-refractivity contribution in [2.45, 2.75) is 24.3 Å². The summed E-state index contributed by atoms with van der Waals surface area (Å²) in [5.41, 5.74) is 0.458. The van der Waals surface area contributed by atoms with Crippen LogP contribution in [0.2, 0.25) is 0 Å². The van der Waals surface area contributed by atoms with E-state index in [1.165, 1.54) is 38.3 Å². The number of rotatable bonds is 8. The summed E-state index contributed by atoms with van der Waals surface area (Å²) < 4.78 is 31.0. The molecule has 1 unspecified atom stereocenters. The Labute approximate surface area is 118 Å². The van der Waals surface area contributed by atoms with Gasteiger partial charge in [0, 0.05) is 19.2 Å². The number of hydrogen-bond donors (Lipinski definition) is 2. The first-order valence-electron chi connectivity index (χ1n) is 6.14. The van der Waals surface area contributed by atoms with Crippen molar-refractivity contribution in [2.24, 2.45) is 0 Å². The SMILES string of the molecule is COCC(O)CCNS(=O)(=O)c1ccc(C(C)=O)cc1. The normalized spacial score (nSPS) is 13.2. The minimum absolute atomic E-state index is 0.0868. The van der Waals surface area contributed by atoms with E-state index in [9.17, 15) is 18.3 Å². The van der Waals surface area contributed by atoms with Gasteiger partial charge in [-0.2, -0.15) is 0 Å². The molecule has 0 aromatic heterocycles. The molecule has 7 heteroatoms. The Hall–Kier alpha value is -1.28. The van der Waals surface area contributed by atoms with Gasteiger partial charge in [-0.1, -0.05) is 12.1 Å². The maximum Gasteiger partial charge on any atom is 0.240 e. The second kappa shape index (κ2) is 7.49. The number of aliphatic hydroxyl groups excluding tert-OH is 1. The topological polar surface area (TPSA) is 92.7 Å². The largest absolute Gasteiger partial charge is 0.391 e. The zero-order valence-electron chi connectivity index (χ0n) is 11.5. The van der Waals surface area contributed by atoms with Crippen LogP contribution in [0.3, 0.4) is 0 Å². The number of hydrogen-bond acceptors (Lipinski definition) is 5. The first-order chi connectivity index (χ1) is 9.36. The molecule has 0 fully saturated rings. The highest BCUT2D eigenvalue weighted by atomic mass is 32.2. The van der Waals surface area contributed by atoms with Crippen LogP contribution in [0.4, 0.5) is 0 Å². The average molecular weight is 301 g/mol.